The van der Waals surface area contributed by atoms with Gasteiger partial charge in [0.2, 0.25) is 0 Å². The summed E-state index contributed by atoms with van der Waals surface area (Å²) in [6, 6.07) is 6.81. The predicted molar refractivity (Wildman–Crippen MR) is 62.2 cm³/mol. The van der Waals surface area contributed by atoms with Crippen LogP contribution in [-0.4, -0.2) is 10.5 Å². The zero-order chi connectivity index (χ0) is 11.5. The van der Waals surface area contributed by atoms with Crippen molar-refractivity contribution in [3.05, 3.63) is 57.7 Å². The molecule has 0 aliphatic heterocycles. The molecule has 0 saturated carbocycles. The van der Waals surface area contributed by atoms with Crippen molar-refractivity contribution < 1.29 is 14.6 Å². The lowest BCUT2D eigenvalue weighted by Gasteiger charge is -2.05. The van der Waals surface area contributed by atoms with Gasteiger partial charge in [-0.2, -0.15) is 0 Å². The van der Waals surface area contributed by atoms with Crippen molar-refractivity contribution in [2.24, 2.45) is 0 Å². The maximum Gasteiger partial charge on any atom is 0.290 e. The van der Waals surface area contributed by atoms with E-state index in [9.17, 15) is 9.18 Å². The van der Waals surface area contributed by atoms with Crippen molar-refractivity contribution in [3.8, 4) is 11.5 Å². The van der Waals surface area contributed by atoms with Gasteiger partial charge in [0.25, 0.3) is 5.56 Å². The first kappa shape index (κ1) is 13.2. The van der Waals surface area contributed by atoms with Crippen LogP contribution in [-0.2, 0) is 0 Å². The number of aromatic amines is 1. The first-order chi connectivity index (χ1) is 7.66. The highest BCUT2D eigenvalue weighted by Crippen LogP contribution is 2.28. The van der Waals surface area contributed by atoms with E-state index in [1.807, 2.05) is 0 Å². The van der Waals surface area contributed by atoms with Crippen LogP contribution in [0.3, 0.4) is 0 Å². The largest absolute Gasteiger partial charge is 0.450 e. The van der Waals surface area contributed by atoms with Crippen molar-refractivity contribution in [2.45, 2.75) is 0 Å². The first-order valence-corrected chi connectivity index (χ1v) is 4.85. The lowest BCUT2D eigenvalue weighted by Crippen LogP contribution is -2.06. The molecule has 0 fully saturated rings. The minimum absolute atomic E-state index is 0. The third-order valence-corrected chi connectivity index (χ3v) is 2.19. The zero-order valence-corrected chi connectivity index (χ0v) is 9.29. The number of hydrogen-bond acceptors (Lipinski definition) is 2. The van der Waals surface area contributed by atoms with Crippen molar-refractivity contribution in [3.63, 3.8) is 0 Å². The minimum Gasteiger partial charge on any atom is -0.450 e. The van der Waals surface area contributed by atoms with Crippen LogP contribution in [0.4, 0.5) is 4.39 Å². The van der Waals surface area contributed by atoms with Crippen molar-refractivity contribution in [1.82, 2.24) is 4.98 Å². The van der Waals surface area contributed by atoms with Gasteiger partial charge in [0.05, 0.1) is 5.02 Å². The number of hydrogen-bond donors (Lipinski definition) is 1. The average molecular weight is 258 g/mol. The molecule has 90 valence electrons. The molecule has 17 heavy (non-hydrogen) atoms. The van der Waals surface area contributed by atoms with Gasteiger partial charge in [0.15, 0.2) is 5.75 Å². The molecule has 3 N–H and O–H groups in total. The molecule has 1 aromatic carbocycles. The molecule has 1 aromatic heterocycles. The molecular formula is C11H9ClFNO3. The standard InChI is InChI=1S/C11H7ClFNO2.H2O/c12-8-6-7(13)3-4-9(8)16-10-2-1-5-14-11(10)15;/h1-6H,(H,14,15);1H2. The number of pyridine rings is 1. The molecule has 2 rings (SSSR count). The number of H-pyrrole nitrogens is 1. The van der Waals surface area contributed by atoms with Crippen LogP contribution in [0.25, 0.3) is 0 Å². The van der Waals surface area contributed by atoms with Crippen LogP contribution < -0.4 is 10.3 Å². The maximum absolute atomic E-state index is 12.8. The fourth-order valence-corrected chi connectivity index (χ4v) is 1.37. The quantitative estimate of drug-likeness (QED) is 0.895. The molecule has 4 nitrogen and oxygen atoms in total. The number of ether oxygens (including phenoxy) is 1. The molecule has 0 unspecified atom stereocenters. The first-order valence-electron chi connectivity index (χ1n) is 4.47. The summed E-state index contributed by atoms with van der Waals surface area (Å²) in [6.07, 6.45) is 1.49. The summed E-state index contributed by atoms with van der Waals surface area (Å²) in [5.74, 6) is -0.116. The minimum atomic E-state index is -0.459. The maximum atomic E-state index is 12.8. The predicted octanol–water partition coefficient (Wildman–Crippen LogP) is 2.13. The Bertz CT molecular complexity index is 571. The van der Waals surface area contributed by atoms with Crippen LogP contribution >= 0.6 is 11.6 Å². The van der Waals surface area contributed by atoms with Gasteiger partial charge in [-0.15, -0.1) is 0 Å². The Morgan fingerprint density at radius 2 is 2.00 bits per heavy atom. The van der Waals surface area contributed by atoms with Crippen LogP contribution in [0.15, 0.2) is 41.3 Å². The number of benzene rings is 1. The van der Waals surface area contributed by atoms with Gasteiger partial charge in [0, 0.05) is 6.20 Å². The summed E-state index contributed by atoms with van der Waals surface area (Å²) in [7, 11) is 0. The molecule has 0 aliphatic rings. The molecule has 0 bridgehead atoms. The van der Waals surface area contributed by atoms with Crippen LogP contribution in [0.5, 0.6) is 11.5 Å². The van der Waals surface area contributed by atoms with Crippen molar-refractivity contribution >= 4 is 11.6 Å². The van der Waals surface area contributed by atoms with E-state index < -0.39 is 5.82 Å². The number of halogens is 2. The Morgan fingerprint density at radius 3 is 2.65 bits per heavy atom. The zero-order valence-electron chi connectivity index (χ0n) is 8.54. The molecule has 0 amide bonds. The number of rotatable bonds is 2. The van der Waals surface area contributed by atoms with E-state index in [0.29, 0.717) is 0 Å². The Hall–Kier alpha value is -1.85. The third-order valence-electron chi connectivity index (χ3n) is 1.90. The summed E-state index contributed by atoms with van der Waals surface area (Å²) in [6.45, 7) is 0. The smallest absolute Gasteiger partial charge is 0.290 e. The molecule has 0 saturated heterocycles. The van der Waals surface area contributed by atoms with Gasteiger partial charge in [0.1, 0.15) is 11.6 Å². The topological polar surface area (TPSA) is 73.6 Å². The Morgan fingerprint density at radius 1 is 1.24 bits per heavy atom. The second-order valence-corrected chi connectivity index (χ2v) is 3.45. The Labute approximate surface area is 101 Å². The van der Waals surface area contributed by atoms with E-state index in [4.69, 9.17) is 16.3 Å². The van der Waals surface area contributed by atoms with Gasteiger partial charge >= 0.3 is 0 Å². The highest BCUT2D eigenvalue weighted by Gasteiger charge is 2.06. The number of aromatic nitrogens is 1. The summed E-state index contributed by atoms with van der Waals surface area (Å²) in [4.78, 5) is 13.8. The van der Waals surface area contributed by atoms with E-state index in [-0.39, 0.29) is 27.6 Å². The summed E-state index contributed by atoms with van der Waals surface area (Å²) >= 11 is 5.75. The van der Waals surface area contributed by atoms with Gasteiger partial charge < -0.3 is 15.2 Å². The van der Waals surface area contributed by atoms with E-state index in [1.165, 1.54) is 24.4 Å². The van der Waals surface area contributed by atoms with Crippen molar-refractivity contribution in [2.75, 3.05) is 0 Å². The fraction of sp³-hybridized carbons (Fsp3) is 0. The molecule has 2 aromatic rings. The molecular weight excluding hydrogens is 249 g/mol. The SMILES string of the molecule is O.O=c1[nH]cccc1Oc1ccc(F)cc1Cl. The Balaban J connectivity index is 0.00000144. The molecule has 0 spiro atoms. The summed E-state index contributed by atoms with van der Waals surface area (Å²) in [5.41, 5.74) is -0.372. The molecule has 1 heterocycles. The van der Waals surface area contributed by atoms with Gasteiger partial charge in [-0.1, -0.05) is 11.6 Å². The van der Waals surface area contributed by atoms with Crippen LogP contribution in [0.1, 0.15) is 0 Å². The van der Waals surface area contributed by atoms with Crippen molar-refractivity contribution in [1.29, 1.82) is 0 Å². The highest BCUT2D eigenvalue weighted by molar-refractivity contribution is 6.32. The molecule has 6 heteroatoms. The van der Waals surface area contributed by atoms with Gasteiger partial charge in [-0.3, -0.25) is 4.79 Å². The molecule has 0 atom stereocenters. The van der Waals surface area contributed by atoms with E-state index in [0.717, 1.165) is 6.07 Å². The van der Waals surface area contributed by atoms with Gasteiger partial charge in [-0.05, 0) is 30.3 Å². The second-order valence-electron chi connectivity index (χ2n) is 3.04. The lowest BCUT2D eigenvalue weighted by atomic mass is 10.3. The highest BCUT2D eigenvalue weighted by atomic mass is 35.5. The number of nitrogens with one attached hydrogen (secondary N) is 1. The monoisotopic (exact) mass is 257 g/mol. The normalized spacial score (nSPS) is 9.53. The second kappa shape index (κ2) is 5.47. The molecule has 0 aliphatic carbocycles. The third kappa shape index (κ3) is 3.05. The van der Waals surface area contributed by atoms with Crippen LogP contribution in [0, 0.1) is 5.82 Å². The Kier molecular flexibility index (Phi) is 4.25. The van der Waals surface area contributed by atoms with E-state index >= 15 is 0 Å². The lowest BCUT2D eigenvalue weighted by molar-refractivity contribution is 0.473. The van der Waals surface area contributed by atoms with Crippen LogP contribution in [0.2, 0.25) is 5.02 Å². The van der Waals surface area contributed by atoms with Gasteiger partial charge in [-0.25, -0.2) is 4.39 Å². The van der Waals surface area contributed by atoms with E-state index in [1.54, 1.807) is 6.07 Å². The fourth-order valence-electron chi connectivity index (χ4n) is 1.16. The average Bonchev–Trinajstić information content (AvgIpc) is 2.25. The summed E-state index contributed by atoms with van der Waals surface area (Å²) < 4.78 is 18.0. The van der Waals surface area contributed by atoms with E-state index in [2.05, 4.69) is 4.98 Å². The summed E-state index contributed by atoms with van der Waals surface area (Å²) in [5, 5.41) is 0.114. The molecule has 0 radical (unpaired) electrons.